The third-order valence-electron chi connectivity index (χ3n) is 3.93. The summed E-state index contributed by atoms with van der Waals surface area (Å²) in [6.07, 6.45) is 0.200. The van der Waals surface area contributed by atoms with Gasteiger partial charge < -0.3 is 9.80 Å². The molecular formula is C16H18N4O3S2. The van der Waals surface area contributed by atoms with Crippen molar-refractivity contribution in [3.8, 4) is 0 Å². The standard InChI is InChI=1S/C16H18N4O3S2/c1-11(21)19-4-6-20(7-5-19)14(22)9-12-10-25-16(17-12)18-15(23)13-3-2-8-24-13/h2-3,8,10H,4-7,9H2,1H3,(H,17,18,23). The zero-order valence-corrected chi connectivity index (χ0v) is 15.4. The van der Waals surface area contributed by atoms with Gasteiger partial charge in [0.25, 0.3) is 5.91 Å². The van der Waals surface area contributed by atoms with E-state index in [9.17, 15) is 14.4 Å². The van der Waals surface area contributed by atoms with Crippen LogP contribution in [0.3, 0.4) is 0 Å². The van der Waals surface area contributed by atoms with Crippen molar-refractivity contribution in [1.82, 2.24) is 14.8 Å². The van der Waals surface area contributed by atoms with Crippen molar-refractivity contribution in [2.45, 2.75) is 13.3 Å². The minimum Gasteiger partial charge on any atom is -0.339 e. The minimum atomic E-state index is -0.192. The first-order chi connectivity index (χ1) is 12.0. The van der Waals surface area contributed by atoms with Crippen LogP contribution in [0.25, 0.3) is 0 Å². The van der Waals surface area contributed by atoms with Crippen molar-refractivity contribution in [2.24, 2.45) is 0 Å². The van der Waals surface area contributed by atoms with Gasteiger partial charge in [-0.05, 0) is 11.4 Å². The van der Waals surface area contributed by atoms with Crippen molar-refractivity contribution in [2.75, 3.05) is 31.5 Å². The second kappa shape index (κ2) is 7.75. The lowest BCUT2D eigenvalue weighted by molar-refractivity contribution is -0.138. The number of nitrogens with one attached hydrogen (secondary N) is 1. The second-order valence-corrected chi connectivity index (χ2v) is 7.44. The molecule has 2 aromatic rings. The highest BCUT2D eigenvalue weighted by Gasteiger charge is 2.23. The van der Waals surface area contributed by atoms with E-state index in [1.54, 1.807) is 28.2 Å². The van der Waals surface area contributed by atoms with Crippen LogP contribution in [0.5, 0.6) is 0 Å². The van der Waals surface area contributed by atoms with E-state index in [0.717, 1.165) is 0 Å². The van der Waals surface area contributed by atoms with Gasteiger partial charge in [0.1, 0.15) is 0 Å². The van der Waals surface area contributed by atoms with Gasteiger partial charge in [0, 0.05) is 38.5 Å². The Labute approximate surface area is 153 Å². The van der Waals surface area contributed by atoms with Gasteiger partial charge in [0.2, 0.25) is 11.8 Å². The molecule has 3 amide bonds. The predicted octanol–water partition coefficient (Wildman–Crippen LogP) is 1.69. The predicted molar refractivity (Wildman–Crippen MR) is 96.9 cm³/mol. The van der Waals surface area contributed by atoms with Gasteiger partial charge in [0.05, 0.1) is 17.0 Å². The monoisotopic (exact) mass is 378 g/mol. The molecule has 1 fully saturated rings. The molecule has 1 aliphatic heterocycles. The number of rotatable bonds is 4. The number of anilines is 1. The fraction of sp³-hybridized carbons (Fsp3) is 0.375. The molecule has 9 heteroatoms. The van der Waals surface area contributed by atoms with Crippen molar-refractivity contribution in [3.05, 3.63) is 33.5 Å². The van der Waals surface area contributed by atoms with Gasteiger partial charge in [-0.1, -0.05) is 6.07 Å². The Morgan fingerprint density at radius 2 is 1.88 bits per heavy atom. The van der Waals surface area contributed by atoms with Gasteiger partial charge in [-0.3, -0.25) is 19.7 Å². The van der Waals surface area contributed by atoms with E-state index in [-0.39, 0.29) is 24.1 Å². The zero-order chi connectivity index (χ0) is 17.8. The van der Waals surface area contributed by atoms with Crippen LogP contribution in [0.15, 0.2) is 22.9 Å². The molecule has 0 atom stereocenters. The molecule has 132 valence electrons. The van der Waals surface area contributed by atoms with Crippen molar-refractivity contribution in [3.63, 3.8) is 0 Å². The Morgan fingerprint density at radius 3 is 2.52 bits per heavy atom. The van der Waals surface area contributed by atoms with Crippen LogP contribution in [0.2, 0.25) is 0 Å². The van der Waals surface area contributed by atoms with E-state index in [4.69, 9.17) is 0 Å². The summed E-state index contributed by atoms with van der Waals surface area (Å²) in [6, 6.07) is 3.57. The van der Waals surface area contributed by atoms with Gasteiger partial charge in [-0.25, -0.2) is 4.98 Å². The lowest BCUT2D eigenvalue weighted by Gasteiger charge is -2.34. The summed E-state index contributed by atoms with van der Waals surface area (Å²) in [5.41, 5.74) is 0.644. The minimum absolute atomic E-state index is 0.00960. The summed E-state index contributed by atoms with van der Waals surface area (Å²) >= 11 is 2.67. The Hall–Kier alpha value is -2.26. The van der Waals surface area contributed by atoms with Gasteiger partial charge in [-0.2, -0.15) is 0 Å². The van der Waals surface area contributed by atoms with Crippen molar-refractivity contribution >= 4 is 45.5 Å². The van der Waals surface area contributed by atoms with Crippen LogP contribution < -0.4 is 5.32 Å². The number of piperazine rings is 1. The molecular weight excluding hydrogens is 360 g/mol. The number of hydrogen-bond acceptors (Lipinski definition) is 6. The number of hydrogen-bond donors (Lipinski definition) is 1. The average molecular weight is 378 g/mol. The number of carbonyl (C=O) groups is 3. The summed E-state index contributed by atoms with van der Waals surface area (Å²) in [6.45, 7) is 3.77. The second-order valence-electron chi connectivity index (χ2n) is 5.64. The summed E-state index contributed by atoms with van der Waals surface area (Å²) in [5, 5.41) is 6.86. The third kappa shape index (κ3) is 4.43. The number of carbonyl (C=O) groups excluding carboxylic acids is 3. The van der Waals surface area contributed by atoms with Crippen LogP contribution in [0.4, 0.5) is 5.13 Å². The summed E-state index contributed by atoms with van der Waals surface area (Å²) in [7, 11) is 0. The molecule has 3 rings (SSSR count). The molecule has 1 N–H and O–H groups in total. The Balaban J connectivity index is 1.52. The Kier molecular flexibility index (Phi) is 5.44. The summed E-state index contributed by atoms with van der Waals surface area (Å²) < 4.78 is 0. The SMILES string of the molecule is CC(=O)N1CCN(C(=O)Cc2csc(NC(=O)c3cccs3)n2)CC1. The van der Waals surface area contributed by atoms with Crippen molar-refractivity contribution in [1.29, 1.82) is 0 Å². The summed E-state index contributed by atoms with van der Waals surface area (Å²) in [4.78, 5) is 44.1. The molecule has 1 aliphatic rings. The van der Waals surface area contributed by atoms with E-state index < -0.39 is 0 Å². The maximum Gasteiger partial charge on any atom is 0.267 e. The number of thiophene rings is 1. The lowest BCUT2D eigenvalue weighted by atomic mass is 10.2. The van der Waals surface area contributed by atoms with Gasteiger partial charge >= 0.3 is 0 Å². The molecule has 3 heterocycles. The molecule has 0 saturated carbocycles. The number of amides is 3. The van der Waals surface area contributed by atoms with Crippen LogP contribution in [-0.4, -0.2) is 58.7 Å². The number of aromatic nitrogens is 1. The quantitative estimate of drug-likeness (QED) is 0.878. The molecule has 25 heavy (non-hydrogen) atoms. The molecule has 0 spiro atoms. The normalized spacial score (nSPS) is 14.4. The Bertz CT molecular complexity index is 764. The van der Waals surface area contributed by atoms with Crippen LogP contribution in [-0.2, 0) is 16.0 Å². The van der Waals surface area contributed by atoms with Gasteiger partial charge in [0.15, 0.2) is 5.13 Å². The van der Waals surface area contributed by atoms with E-state index in [2.05, 4.69) is 10.3 Å². The topological polar surface area (TPSA) is 82.6 Å². The molecule has 0 unspecified atom stereocenters. The molecule has 0 aliphatic carbocycles. The van der Waals surface area contributed by atoms with Gasteiger partial charge in [-0.15, -0.1) is 22.7 Å². The number of nitrogens with zero attached hydrogens (tertiary/aromatic N) is 3. The molecule has 2 aromatic heterocycles. The highest BCUT2D eigenvalue weighted by molar-refractivity contribution is 7.14. The maximum atomic E-state index is 12.4. The molecule has 0 aromatic carbocycles. The largest absolute Gasteiger partial charge is 0.339 e. The average Bonchev–Trinajstić information content (AvgIpc) is 3.27. The number of thiazole rings is 1. The Morgan fingerprint density at radius 1 is 1.16 bits per heavy atom. The van der Waals surface area contributed by atoms with E-state index in [1.165, 1.54) is 22.7 Å². The highest BCUT2D eigenvalue weighted by Crippen LogP contribution is 2.19. The smallest absolute Gasteiger partial charge is 0.267 e. The lowest BCUT2D eigenvalue weighted by Crippen LogP contribution is -2.50. The highest BCUT2D eigenvalue weighted by atomic mass is 32.1. The molecule has 0 bridgehead atoms. The van der Waals surface area contributed by atoms with E-state index >= 15 is 0 Å². The van der Waals surface area contributed by atoms with Crippen LogP contribution in [0, 0.1) is 0 Å². The first-order valence-corrected chi connectivity index (χ1v) is 9.61. The van der Waals surface area contributed by atoms with Crippen molar-refractivity contribution < 1.29 is 14.4 Å². The molecule has 0 radical (unpaired) electrons. The van der Waals surface area contributed by atoms with Crippen LogP contribution >= 0.6 is 22.7 Å². The van der Waals surface area contributed by atoms with E-state index in [1.807, 2.05) is 11.4 Å². The first-order valence-electron chi connectivity index (χ1n) is 7.85. The zero-order valence-electron chi connectivity index (χ0n) is 13.7. The molecule has 1 saturated heterocycles. The molecule has 7 nitrogen and oxygen atoms in total. The fourth-order valence-electron chi connectivity index (χ4n) is 2.55. The fourth-order valence-corrected chi connectivity index (χ4v) is 3.87. The first kappa shape index (κ1) is 17.6. The maximum absolute atomic E-state index is 12.4. The third-order valence-corrected chi connectivity index (χ3v) is 5.60. The summed E-state index contributed by atoms with van der Waals surface area (Å²) in [5.74, 6) is -0.162. The van der Waals surface area contributed by atoms with E-state index in [0.29, 0.717) is 41.9 Å². The van der Waals surface area contributed by atoms with Crippen LogP contribution in [0.1, 0.15) is 22.3 Å².